The zero-order valence-electron chi connectivity index (χ0n) is 14.5. The molecule has 25 heavy (non-hydrogen) atoms. The van der Waals surface area contributed by atoms with Crippen molar-refractivity contribution in [3.63, 3.8) is 0 Å². The molecule has 0 aliphatic heterocycles. The highest BCUT2D eigenvalue weighted by Crippen LogP contribution is 2.22. The van der Waals surface area contributed by atoms with Crippen molar-refractivity contribution in [1.29, 1.82) is 5.26 Å². The van der Waals surface area contributed by atoms with Gasteiger partial charge in [-0.25, -0.2) is 4.98 Å². The Hall–Kier alpha value is -3.40. The minimum Gasteiger partial charge on any atom is -0.340 e. The van der Waals surface area contributed by atoms with E-state index in [1.165, 1.54) is 0 Å². The van der Waals surface area contributed by atoms with Gasteiger partial charge in [0.15, 0.2) is 0 Å². The third-order valence-electron chi connectivity index (χ3n) is 4.03. The fourth-order valence-electron chi connectivity index (χ4n) is 2.50. The van der Waals surface area contributed by atoms with Crippen molar-refractivity contribution in [3.05, 3.63) is 62.7 Å². The number of nitrogens with zero attached hydrogens (tertiary/aromatic N) is 4. The summed E-state index contributed by atoms with van der Waals surface area (Å²) in [7, 11) is 0. The van der Waals surface area contributed by atoms with Crippen molar-refractivity contribution >= 4 is 11.5 Å². The van der Waals surface area contributed by atoms with Crippen LogP contribution in [0.2, 0.25) is 0 Å². The van der Waals surface area contributed by atoms with Crippen molar-refractivity contribution in [3.8, 4) is 12.0 Å². The molecule has 0 aliphatic carbocycles. The predicted molar refractivity (Wildman–Crippen MR) is 95.4 cm³/mol. The number of hydrogen-bond acceptors (Lipinski definition) is 5. The highest BCUT2D eigenvalue weighted by Gasteiger charge is 2.12. The van der Waals surface area contributed by atoms with Crippen molar-refractivity contribution in [1.82, 2.24) is 19.7 Å². The Kier molecular flexibility index (Phi) is 4.11. The molecule has 2 heterocycles. The third-order valence-corrected chi connectivity index (χ3v) is 4.03. The van der Waals surface area contributed by atoms with E-state index in [9.17, 15) is 4.79 Å². The number of nitriles is 1. The normalized spacial score (nSPS) is 10.5. The predicted octanol–water partition coefficient (Wildman–Crippen LogP) is 2.80. The molecule has 0 radical (unpaired) electrons. The molecular weight excluding hydrogens is 316 g/mol. The van der Waals surface area contributed by atoms with Crippen molar-refractivity contribution in [2.24, 2.45) is 0 Å². The number of benzene rings is 1. The minimum atomic E-state index is -0.184. The average Bonchev–Trinajstić information content (AvgIpc) is 2.93. The summed E-state index contributed by atoms with van der Waals surface area (Å²) in [6.07, 6.45) is 0. The molecule has 0 spiro atoms. The quantitative estimate of drug-likeness (QED) is 0.767. The fraction of sp³-hybridized carbons (Fsp3) is 0.222. The lowest BCUT2D eigenvalue weighted by molar-refractivity contribution is 0.786. The van der Waals surface area contributed by atoms with Gasteiger partial charge in [-0.3, -0.25) is 9.78 Å². The first-order valence-corrected chi connectivity index (χ1v) is 7.81. The van der Waals surface area contributed by atoms with Gasteiger partial charge >= 0.3 is 0 Å². The SMILES string of the molecule is Cc1cc(Nc2ccc(C#N)c(C)c2)n(-c2nc(C)c(C)c(=O)[nH]2)n1. The highest BCUT2D eigenvalue weighted by molar-refractivity contribution is 5.61. The Labute approximate surface area is 145 Å². The summed E-state index contributed by atoms with van der Waals surface area (Å²) in [5, 5.41) is 16.7. The Bertz CT molecular complexity index is 1050. The molecule has 2 aromatic heterocycles. The first kappa shape index (κ1) is 16.5. The number of aromatic nitrogens is 4. The molecule has 0 unspecified atom stereocenters. The van der Waals surface area contributed by atoms with Crippen molar-refractivity contribution in [2.45, 2.75) is 27.7 Å². The molecule has 3 aromatic rings. The van der Waals surface area contributed by atoms with Crippen molar-refractivity contribution in [2.75, 3.05) is 5.32 Å². The molecular formula is C18H18N6O. The van der Waals surface area contributed by atoms with Gasteiger partial charge in [0.2, 0.25) is 5.95 Å². The van der Waals surface area contributed by atoms with Crippen LogP contribution in [0.25, 0.3) is 5.95 Å². The first-order valence-electron chi connectivity index (χ1n) is 7.81. The molecule has 0 fully saturated rings. The lowest BCUT2D eigenvalue weighted by Gasteiger charge is -2.11. The lowest BCUT2D eigenvalue weighted by atomic mass is 10.1. The largest absolute Gasteiger partial charge is 0.340 e. The number of anilines is 2. The van der Waals surface area contributed by atoms with E-state index in [1.807, 2.05) is 32.0 Å². The molecule has 0 amide bonds. The van der Waals surface area contributed by atoms with Gasteiger partial charge in [-0.05, 0) is 51.5 Å². The Morgan fingerprint density at radius 2 is 1.96 bits per heavy atom. The summed E-state index contributed by atoms with van der Waals surface area (Å²) in [5.74, 6) is 1.03. The standard InChI is InChI=1S/C18H18N6O/c1-10-7-15(6-5-14(10)9-19)21-16-8-11(2)23-24(16)18-20-13(4)12(3)17(25)22-18/h5-8,21H,1-4H3,(H,20,22,25). The first-order chi connectivity index (χ1) is 11.9. The van der Waals surface area contributed by atoms with Crippen LogP contribution < -0.4 is 10.9 Å². The fourth-order valence-corrected chi connectivity index (χ4v) is 2.50. The highest BCUT2D eigenvalue weighted by atomic mass is 16.1. The van der Waals surface area contributed by atoms with Gasteiger partial charge in [0.1, 0.15) is 5.82 Å². The van der Waals surface area contributed by atoms with E-state index in [0.717, 1.165) is 16.9 Å². The molecule has 0 bridgehead atoms. The van der Waals surface area contributed by atoms with E-state index in [1.54, 1.807) is 24.6 Å². The van der Waals surface area contributed by atoms with Crippen molar-refractivity contribution < 1.29 is 0 Å². The number of H-pyrrole nitrogens is 1. The second kappa shape index (κ2) is 6.24. The van der Waals surface area contributed by atoms with Crippen LogP contribution in [-0.2, 0) is 0 Å². The molecule has 0 saturated heterocycles. The van der Waals surface area contributed by atoms with Crippen LogP contribution >= 0.6 is 0 Å². The number of nitrogens with one attached hydrogen (secondary N) is 2. The van der Waals surface area contributed by atoms with Gasteiger partial charge in [-0.15, -0.1) is 0 Å². The number of aromatic amines is 1. The molecule has 7 nitrogen and oxygen atoms in total. The van der Waals surface area contributed by atoms with Gasteiger partial charge in [0, 0.05) is 23.0 Å². The van der Waals surface area contributed by atoms with Crippen LogP contribution in [0, 0.1) is 39.0 Å². The van der Waals surface area contributed by atoms with Gasteiger partial charge in [0.25, 0.3) is 5.56 Å². The van der Waals surface area contributed by atoms with Gasteiger partial charge in [-0.1, -0.05) is 0 Å². The lowest BCUT2D eigenvalue weighted by Crippen LogP contribution is -2.18. The molecule has 0 aliphatic rings. The van der Waals surface area contributed by atoms with E-state index in [-0.39, 0.29) is 5.56 Å². The molecule has 7 heteroatoms. The number of aryl methyl sites for hydroxylation is 3. The zero-order valence-corrected chi connectivity index (χ0v) is 14.5. The number of rotatable bonds is 3. The maximum absolute atomic E-state index is 12.0. The van der Waals surface area contributed by atoms with Crippen LogP contribution in [0.3, 0.4) is 0 Å². The summed E-state index contributed by atoms with van der Waals surface area (Å²) in [4.78, 5) is 19.2. The second-order valence-corrected chi connectivity index (χ2v) is 5.95. The molecule has 126 valence electrons. The van der Waals surface area contributed by atoms with Gasteiger partial charge in [-0.2, -0.15) is 15.0 Å². The van der Waals surface area contributed by atoms with Crippen LogP contribution in [0.4, 0.5) is 11.5 Å². The summed E-state index contributed by atoms with van der Waals surface area (Å²) < 4.78 is 1.57. The number of hydrogen-bond donors (Lipinski definition) is 2. The zero-order chi connectivity index (χ0) is 18.1. The van der Waals surface area contributed by atoms with Crippen LogP contribution in [0.15, 0.2) is 29.1 Å². The molecule has 1 aromatic carbocycles. The Morgan fingerprint density at radius 3 is 2.60 bits per heavy atom. The summed E-state index contributed by atoms with van der Waals surface area (Å²) in [6, 6.07) is 9.50. The Balaban J connectivity index is 2.04. The van der Waals surface area contributed by atoms with Crippen LogP contribution in [-0.4, -0.2) is 19.7 Å². The Morgan fingerprint density at radius 1 is 1.20 bits per heavy atom. The van der Waals surface area contributed by atoms with E-state index >= 15 is 0 Å². The minimum absolute atomic E-state index is 0.184. The van der Waals surface area contributed by atoms with Gasteiger partial charge < -0.3 is 5.32 Å². The summed E-state index contributed by atoms with van der Waals surface area (Å²) >= 11 is 0. The molecule has 3 rings (SSSR count). The third kappa shape index (κ3) is 3.15. The van der Waals surface area contributed by atoms with E-state index < -0.39 is 0 Å². The average molecular weight is 334 g/mol. The van der Waals surface area contributed by atoms with E-state index in [2.05, 4.69) is 26.5 Å². The smallest absolute Gasteiger partial charge is 0.255 e. The second-order valence-electron chi connectivity index (χ2n) is 5.95. The maximum Gasteiger partial charge on any atom is 0.255 e. The molecule has 2 N–H and O–H groups in total. The van der Waals surface area contributed by atoms with E-state index in [4.69, 9.17) is 5.26 Å². The molecule has 0 atom stereocenters. The summed E-state index contributed by atoms with van der Waals surface area (Å²) in [5.41, 5.74) is 4.19. The summed E-state index contributed by atoms with van der Waals surface area (Å²) in [6.45, 7) is 7.28. The van der Waals surface area contributed by atoms with Crippen LogP contribution in [0.1, 0.15) is 28.1 Å². The van der Waals surface area contributed by atoms with Gasteiger partial charge in [0.05, 0.1) is 17.3 Å². The topological polar surface area (TPSA) is 99.4 Å². The maximum atomic E-state index is 12.0. The van der Waals surface area contributed by atoms with Crippen LogP contribution in [0.5, 0.6) is 0 Å². The van der Waals surface area contributed by atoms with E-state index in [0.29, 0.717) is 28.6 Å². The molecule has 0 saturated carbocycles. The monoisotopic (exact) mass is 334 g/mol.